The van der Waals surface area contributed by atoms with Crippen LogP contribution in [0.25, 0.3) is 0 Å². The van der Waals surface area contributed by atoms with E-state index in [0.717, 1.165) is 17.1 Å². The molecule has 0 amide bonds. The third kappa shape index (κ3) is 4.14. The number of benzene rings is 1. The Balaban J connectivity index is 1.71. The molecule has 0 fully saturated rings. The molecule has 0 atom stereocenters. The Labute approximate surface area is 140 Å². The SMILES string of the molecule is COC(=O)c1ccc(CN(Cc2ccco2)Cc2ccco2)cc1. The molecule has 5 nitrogen and oxygen atoms in total. The van der Waals surface area contributed by atoms with E-state index in [9.17, 15) is 4.79 Å². The Hall–Kier alpha value is -2.79. The van der Waals surface area contributed by atoms with Crippen LogP contribution >= 0.6 is 0 Å². The van der Waals surface area contributed by atoms with Crippen molar-refractivity contribution in [2.24, 2.45) is 0 Å². The van der Waals surface area contributed by atoms with Crippen molar-refractivity contribution in [2.45, 2.75) is 19.6 Å². The van der Waals surface area contributed by atoms with Gasteiger partial charge < -0.3 is 13.6 Å². The van der Waals surface area contributed by atoms with Gasteiger partial charge in [-0.2, -0.15) is 0 Å². The average Bonchev–Trinajstić information content (AvgIpc) is 3.29. The van der Waals surface area contributed by atoms with E-state index in [0.29, 0.717) is 25.2 Å². The van der Waals surface area contributed by atoms with Gasteiger partial charge in [0.1, 0.15) is 11.5 Å². The van der Waals surface area contributed by atoms with Crippen LogP contribution in [-0.4, -0.2) is 18.0 Å². The van der Waals surface area contributed by atoms with Gasteiger partial charge in [-0.25, -0.2) is 4.79 Å². The molecule has 3 aromatic rings. The van der Waals surface area contributed by atoms with Crippen molar-refractivity contribution in [3.8, 4) is 0 Å². The fourth-order valence-corrected chi connectivity index (χ4v) is 2.54. The summed E-state index contributed by atoms with van der Waals surface area (Å²) < 4.78 is 15.6. The highest BCUT2D eigenvalue weighted by Crippen LogP contribution is 2.15. The minimum absolute atomic E-state index is 0.329. The number of rotatable bonds is 7. The van der Waals surface area contributed by atoms with Crippen LogP contribution in [0.4, 0.5) is 0 Å². The van der Waals surface area contributed by atoms with Crippen LogP contribution in [0.2, 0.25) is 0 Å². The molecule has 1 aromatic carbocycles. The number of methoxy groups -OCH3 is 1. The van der Waals surface area contributed by atoms with Gasteiger partial charge in [0, 0.05) is 6.54 Å². The maximum atomic E-state index is 11.5. The number of carbonyl (C=O) groups excluding carboxylic acids is 1. The second-order valence-electron chi connectivity index (χ2n) is 5.49. The lowest BCUT2D eigenvalue weighted by molar-refractivity contribution is 0.0600. The maximum Gasteiger partial charge on any atom is 0.337 e. The molecular weight excluding hydrogens is 306 g/mol. The zero-order valence-corrected chi connectivity index (χ0v) is 13.5. The molecule has 24 heavy (non-hydrogen) atoms. The normalized spacial score (nSPS) is 10.9. The quantitative estimate of drug-likeness (QED) is 0.617. The predicted octanol–water partition coefficient (Wildman–Crippen LogP) is 3.86. The van der Waals surface area contributed by atoms with E-state index in [2.05, 4.69) is 4.90 Å². The number of furan rings is 2. The van der Waals surface area contributed by atoms with Gasteiger partial charge in [-0.05, 0) is 42.0 Å². The van der Waals surface area contributed by atoms with Crippen LogP contribution in [0.3, 0.4) is 0 Å². The molecule has 0 aliphatic carbocycles. The minimum atomic E-state index is -0.329. The van der Waals surface area contributed by atoms with Crippen molar-refractivity contribution in [1.82, 2.24) is 4.90 Å². The van der Waals surface area contributed by atoms with E-state index < -0.39 is 0 Å². The summed E-state index contributed by atoms with van der Waals surface area (Å²) in [5.41, 5.74) is 1.64. The molecule has 0 spiro atoms. The number of nitrogens with zero attached hydrogens (tertiary/aromatic N) is 1. The van der Waals surface area contributed by atoms with Crippen LogP contribution in [0, 0.1) is 0 Å². The molecule has 0 aliphatic rings. The monoisotopic (exact) mass is 325 g/mol. The summed E-state index contributed by atoms with van der Waals surface area (Å²) in [4.78, 5) is 13.7. The summed E-state index contributed by atoms with van der Waals surface area (Å²) in [7, 11) is 1.38. The van der Waals surface area contributed by atoms with E-state index in [1.54, 1.807) is 24.7 Å². The number of hydrogen-bond acceptors (Lipinski definition) is 5. The van der Waals surface area contributed by atoms with Gasteiger partial charge in [-0.3, -0.25) is 4.90 Å². The van der Waals surface area contributed by atoms with Crippen LogP contribution in [0.5, 0.6) is 0 Å². The summed E-state index contributed by atoms with van der Waals surface area (Å²) in [6, 6.07) is 15.1. The van der Waals surface area contributed by atoms with Gasteiger partial charge in [-0.15, -0.1) is 0 Å². The molecule has 0 saturated heterocycles. The van der Waals surface area contributed by atoms with Crippen molar-refractivity contribution < 1.29 is 18.4 Å². The second-order valence-corrected chi connectivity index (χ2v) is 5.49. The van der Waals surface area contributed by atoms with E-state index in [4.69, 9.17) is 13.6 Å². The topological polar surface area (TPSA) is 55.8 Å². The molecular formula is C19H19NO4. The Morgan fingerprint density at radius 3 is 1.96 bits per heavy atom. The highest BCUT2D eigenvalue weighted by Gasteiger charge is 2.12. The summed E-state index contributed by atoms with van der Waals surface area (Å²) in [5.74, 6) is 1.46. The van der Waals surface area contributed by atoms with Crippen LogP contribution in [0.15, 0.2) is 69.9 Å². The molecule has 0 radical (unpaired) electrons. The molecule has 2 heterocycles. The minimum Gasteiger partial charge on any atom is -0.468 e. The van der Waals surface area contributed by atoms with E-state index in [-0.39, 0.29) is 5.97 Å². The first-order chi connectivity index (χ1) is 11.7. The van der Waals surface area contributed by atoms with Gasteiger partial charge in [0.15, 0.2) is 0 Å². The largest absolute Gasteiger partial charge is 0.468 e. The molecule has 2 aromatic heterocycles. The molecule has 0 unspecified atom stereocenters. The Kier molecular flexibility index (Phi) is 5.13. The first-order valence-electron chi connectivity index (χ1n) is 7.69. The maximum absolute atomic E-state index is 11.5. The van der Waals surface area contributed by atoms with Gasteiger partial charge >= 0.3 is 5.97 Å². The first kappa shape index (κ1) is 16.1. The first-order valence-corrected chi connectivity index (χ1v) is 7.69. The predicted molar refractivity (Wildman–Crippen MR) is 88.1 cm³/mol. The van der Waals surface area contributed by atoms with E-state index in [1.165, 1.54) is 7.11 Å². The van der Waals surface area contributed by atoms with Crippen molar-refractivity contribution in [2.75, 3.05) is 7.11 Å². The number of ether oxygens (including phenoxy) is 1. The number of esters is 1. The van der Waals surface area contributed by atoms with Crippen LogP contribution in [-0.2, 0) is 24.4 Å². The lowest BCUT2D eigenvalue weighted by Gasteiger charge is -2.20. The van der Waals surface area contributed by atoms with Gasteiger partial charge in [0.25, 0.3) is 0 Å². The van der Waals surface area contributed by atoms with Crippen LogP contribution < -0.4 is 0 Å². The molecule has 0 saturated carbocycles. The fourth-order valence-electron chi connectivity index (χ4n) is 2.54. The van der Waals surface area contributed by atoms with E-state index in [1.807, 2.05) is 36.4 Å². The lowest BCUT2D eigenvalue weighted by Crippen LogP contribution is -2.22. The Morgan fingerprint density at radius 2 is 1.50 bits per heavy atom. The van der Waals surface area contributed by atoms with Crippen LogP contribution in [0.1, 0.15) is 27.4 Å². The van der Waals surface area contributed by atoms with Crippen molar-refractivity contribution >= 4 is 5.97 Å². The van der Waals surface area contributed by atoms with Gasteiger partial charge in [0.05, 0.1) is 38.3 Å². The van der Waals surface area contributed by atoms with Gasteiger partial charge in [0.2, 0.25) is 0 Å². The van der Waals surface area contributed by atoms with Crippen molar-refractivity contribution in [3.05, 3.63) is 83.7 Å². The molecule has 0 aliphatic heterocycles. The van der Waals surface area contributed by atoms with Crippen molar-refractivity contribution in [1.29, 1.82) is 0 Å². The standard InChI is InChI=1S/C19H19NO4/c1-22-19(21)16-8-6-15(7-9-16)12-20(13-17-4-2-10-23-17)14-18-5-3-11-24-18/h2-11H,12-14H2,1H3. The third-order valence-electron chi connectivity index (χ3n) is 3.70. The third-order valence-corrected chi connectivity index (χ3v) is 3.70. The summed E-state index contributed by atoms with van der Waals surface area (Å²) in [5, 5.41) is 0. The lowest BCUT2D eigenvalue weighted by atomic mass is 10.1. The highest BCUT2D eigenvalue weighted by atomic mass is 16.5. The van der Waals surface area contributed by atoms with E-state index >= 15 is 0 Å². The highest BCUT2D eigenvalue weighted by molar-refractivity contribution is 5.89. The Morgan fingerprint density at radius 1 is 0.917 bits per heavy atom. The summed E-state index contributed by atoms with van der Waals surface area (Å²) in [6.45, 7) is 2.06. The molecule has 0 bridgehead atoms. The zero-order valence-electron chi connectivity index (χ0n) is 13.5. The summed E-state index contributed by atoms with van der Waals surface area (Å²) >= 11 is 0. The summed E-state index contributed by atoms with van der Waals surface area (Å²) in [6.07, 6.45) is 3.34. The molecule has 3 rings (SSSR count). The second kappa shape index (κ2) is 7.66. The number of carbonyl (C=O) groups is 1. The van der Waals surface area contributed by atoms with Crippen molar-refractivity contribution in [3.63, 3.8) is 0 Å². The smallest absolute Gasteiger partial charge is 0.337 e. The Bertz CT molecular complexity index is 709. The number of hydrogen-bond donors (Lipinski definition) is 0. The zero-order chi connectivity index (χ0) is 16.8. The molecule has 5 heteroatoms. The average molecular weight is 325 g/mol. The molecule has 124 valence electrons. The molecule has 0 N–H and O–H groups in total. The fraction of sp³-hybridized carbons (Fsp3) is 0.211. The van der Waals surface area contributed by atoms with Gasteiger partial charge in [-0.1, -0.05) is 12.1 Å².